The van der Waals surface area contributed by atoms with Crippen molar-refractivity contribution in [3.63, 3.8) is 0 Å². The molecule has 1 aliphatic rings. The first-order valence-corrected chi connectivity index (χ1v) is 9.83. The van der Waals surface area contributed by atoms with Gasteiger partial charge in [-0.25, -0.2) is 14.4 Å². The summed E-state index contributed by atoms with van der Waals surface area (Å²) in [6, 6.07) is 15.8. The molecule has 5 nitrogen and oxygen atoms in total. The standard InChI is InChI=1S/C23H23FN4O/c24-18-11-9-17(10-12-18)19-15-26-23(25)27-22(19)20-8-4-5-13-28(20)21(29)14-16-6-2-1-3-7-16/h1-3,6-7,9-12,15,20H,4-5,8,13-14H2,(H2,25,26,27)/t20-/m0/s1. The van der Waals surface area contributed by atoms with Crippen LogP contribution >= 0.6 is 0 Å². The van der Waals surface area contributed by atoms with Crippen LogP contribution < -0.4 is 5.73 Å². The number of nitrogens with two attached hydrogens (primary N) is 1. The van der Waals surface area contributed by atoms with Gasteiger partial charge in [-0.1, -0.05) is 42.5 Å². The number of nitrogen functional groups attached to an aromatic ring is 1. The highest BCUT2D eigenvalue weighted by Gasteiger charge is 2.31. The molecule has 29 heavy (non-hydrogen) atoms. The number of hydrogen-bond donors (Lipinski definition) is 1. The van der Waals surface area contributed by atoms with Crippen molar-refractivity contribution in [3.05, 3.63) is 77.9 Å². The highest BCUT2D eigenvalue weighted by atomic mass is 19.1. The summed E-state index contributed by atoms with van der Waals surface area (Å²) >= 11 is 0. The Morgan fingerprint density at radius 2 is 1.86 bits per heavy atom. The predicted molar refractivity (Wildman–Crippen MR) is 110 cm³/mol. The molecular formula is C23H23FN4O. The summed E-state index contributed by atoms with van der Waals surface area (Å²) in [4.78, 5) is 23.7. The van der Waals surface area contributed by atoms with E-state index >= 15 is 0 Å². The first-order valence-electron chi connectivity index (χ1n) is 9.83. The Labute approximate surface area is 169 Å². The number of carbonyl (C=O) groups excluding carboxylic acids is 1. The second-order valence-corrected chi connectivity index (χ2v) is 7.30. The van der Waals surface area contributed by atoms with E-state index in [1.807, 2.05) is 35.2 Å². The lowest BCUT2D eigenvalue weighted by Gasteiger charge is -2.36. The number of rotatable bonds is 4. The van der Waals surface area contributed by atoms with E-state index in [2.05, 4.69) is 9.97 Å². The zero-order valence-electron chi connectivity index (χ0n) is 16.1. The van der Waals surface area contributed by atoms with Crippen LogP contribution in [-0.2, 0) is 11.2 Å². The summed E-state index contributed by atoms with van der Waals surface area (Å²) in [7, 11) is 0. The Morgan fingerprint density at radius 1 is 1.10 bits per heavy atom. The number of likely N-dealkylation sites (tertiary alicyclic amines) is 1. The van der Waals surface area contributed by atoms with Gasteiger partial charge >= 0.3 is 0 Å². The quantitative estimate of drug-likeness (QED) is 0.726. The lowest BCUT2D eigenvalue weighted by Crippen LogP contribution is -2.40. The minimum absolute atomic E-state index is 0.0724. The lowest BCUT2D eigenvalue weighted by molar-refractivity contribution is -0.134. The molecule has 1 saturated heterocycles. The molecule has 1 atom stereocenters. The van der Waals surface area contributed by atoms with E-state index in [9.17, 15) is 9.18 Å². The SMILES string of the molecule is Nc1ncc(-c2ccc(F)cc2)c([C@@H]2CCCCN2C(=O)Cc2ccccc2)n1. The summed E-state index contributed by atoms with van der Waals surface area (Å²) in [5.41, 5.74) is 9.20. The molecule has 4 rings (SSSR count). The topological polar surface area (TPSA) is 72.1 Å². The number of anilines is 1. The maximum atomic E-state index is 13.4. The number of carbonyl (C=O) groups is 1. The Morgan fingerprint density at radius 3 is 2.62 bits per heavy atom. The van der Waals surface area contributed by atoms with Gasteiger partial charge in [0, 0.05) is 18.3 Å². The zero-order chi connectivity index (χ0) is 20.2. The van der Waals surface area contributed by atoms with Gasteiger partial charge in [0.1, 0.15) is 5.82 Å². The number of hydrogen-bond acceptors (Lipinski definition) is 4. The highest BCUT2D eigenvalue weighted by Crippen LogP contribution is 2.36. The first-order chi connectivity index (χ1) is 14.1. The van der Waals surface area contributed by atoms with Crippen molar-refractivity contribution in [1.29, 1.82) is 0 Å². The predicted octanol–water partition coefficient (Wildman–Crippen LogP) is 4.16. The van der Waals surface area contributed by atoms with Crippen LogP contribution in [0.15, 0.2) is 60.8 Å². The molecule has 0 unspecified atom stereocenters. The second-order valence-electron chi connectivity index (χ2n) is 7.30. The average Bonchev–Trinajstić information content (AvgIpc) is 2.75. The average molecular weight is 390 g/mol. The third-order valence-corrected chi connectivity index (χ3v) is 5.33. The van der Waals surface area contributed by atoms with Crippen molar-refractivity contribution in [2.75, 3.05) is 12.3 Å². The van der Waals surface area contributed by atoms with Gasteiger partial charge in [-0.3, -0.25) is 4.79 Å². The van der Waals surface area contributed by atoms with Crippen LogP contribution in [0.1, 0.15) is 36.6 Å². The maximum Gasteiger partial charge on any atom is 0.227 e. The molecular weight excluding hydrogens is 367 g/mol. The summed E-state index contributed by atoms with van der Waals surface area (Å²) in [5.74, 6) is -0.0565. The van der Waals surface area contributed by atoms with Gasteiger partial charge in [-0.2, -0.15) is 0 Å². The fourth-order valence-electron chi connectivity index (χ4n) is 3.90. The first kappa shape index (κ1) is 19.1. The molecule has 148 valence electrons. The number of piperidine rings is 1. The monoisotopic (exact) mass is 390 g/mol. The molecule has 0 spiro atoms. The molecule has 0 bridgehead atoms. The van der Waals surface area contributed by atoms with Gasteiger partial charge in [0.25, 0.3) is 0 Å². The molecule has 3 aromatic rings. The molecule has 2 N–H and O–H groups in total. The van der Waals surface area contributed by atoms with Crippen LogP contribution in [0.3, 0.4) is 0 Å². The van der Waals surface area contributed by atoms with Crippen molar-refractivity contribution in [2.24, 2.45) is 0 Å². The van der Waals surface area contributed by atoms with Crippen LogP contribution in [0.5, 0.6) is 0 Å². The molecule has 2 aromatic carbocycles. The van der Waals surface area contributed by atoms with Crippen LogP contribution in [-0.4, -0.2) is 27.3 Å². The number of aromatic nitrogens is 2. The van der Waals surface area contributed by atoms with Crippen molar-refractivity contribution in [1.82, 2.24) is 14.9 Å². The van der Waals surface area contributed by atoms with E-state index in [4.69, 9.17) is 5.73 Å². The van der Waals surface area contributed by atoms with Crippen molar-refractivity contribution >= 4 is 11.9 Å². The zero-order valence-corrected chi connectivity index (χ0v) is 16.1. The van der Waals surface area contributed by atoms with Crippen LogP contribution in [0.25, 0.3) is 11.1 Å². The Hall–Kier alpha value is -3.28. The summed E-state index contributed by atoms with van der Waals surface area (Å²) < 4.78 is 13.4. The summed E-state index contributed by atoms with van der Waals surface area (Å²) in [6.07, 6.45) is 4.80. The summed E-state index contributed by atoms with van der Waals surface area (Å²) in [5, 5.41) is 0. The highest BCUT2D eigenvalue weighted by molar-refractivity contribution is 5.80. The van der Waals surface area contributed by atoms with Gasteiger partial charge < -0.3 is 10.6 Å². The fraction of sp³-hybridized carbons (Fsp3) is 0.261. The van der Waals surface area contributed by atoms with Crippen molar-refractivity contribution in [2.45, 2.75) is 31.7 Å². The normalized spacial score (nSPS) is 16.6. The van der Waals surface area contributed by atoms with E-state index in [0.717, 1.165) is 41.6 Å². The third kappa shape index (κ3) is 4.26. The smallest absolute Gasteiger partial charge is 0.227 e. The maximum absolute atomic E-state index is 13.4. The molecule has 0 aliphatic carbocycles. The van der Waals surface area contributed by atoms with E-state index in [1.165, 1.54) is 12.1 Å². The van der Waals surface area contributed by atoms with Gasteiger partial charge in [-0.15, -0.1) is 0 Å². The van der Waals surface area contributed by atoms with Gasteiger partial charge in [-0.05, 0) is 42.5 Å². The molecule has 0 saturated carbocycles. The van der Waals surface area contributed by atoms with E-state index in [1.54, 1.807) is 18.3 Å². The van der Waals surface area contributed by atoms with Crippen LogP contribution in [0, 0.1) is 5.82 Å². The Kier molecular flexibility index (Phi) is 5.51. The molecule has 6 heteroatoms. The molecule has 2 heterocycles. The fourth-order valence-corrected chi connectivity index (χ4v) is 3.90. The second kappa shape index (κ2) is 8.39. The summed E-state index contributed by atoms with van der Waals surface area (Å²) in [6.45, 7) is 0.684. The van der Waals surface area contributed by atoms with E-state index in [-0.39, 0.29) is 23.7 Å². The Balaban J connectivity index is 1.68. The largest absolute Gasteiger partial charge is 0.368 e. The minimum Gasteiger partial charge on any atom is -0.368 e. The molecule has 1 aliphatic heterocycles. The minimum atomic E-state index is -0.302. The Bertz CT molecular complexity index is 992. The van der Waals surface area contributed by atoms with Gasteiger partial charge in [0.05, 0.1) is 18.2 Å². The molecule has 1 amide bonds. The number of amides is 1. The van der Waals surface area contributed by atoms with Gasteiger partial charge in [0.15, 0.2) is 0 Å². The lowest BCUT2D eigenvalue weighted by atomic mass is 9.93. The molecule has 1 aromatic heterocycles. The number of nitrogens with zero attached hydrogens (tertiary/aromatic N) is 3. The van der Waals surface area contributed by atoms with Crippen molar-refractivity contribution < 1.29 is 9.18 Å². The molecule has 1 fully saturated rings. The molecule has 0 radical (unpaired) electrons. The van der Waals surface area contributed by atoms with E-state index < -0.39 is 0 Å². The van der Waals surface area contributed by atoms with Crippen LogP contribution in [0.2, 0.25) is 0 Å². The van der Waals surface area contributed by atoms with E-state index in [0.29, 0.717) is 13.0 Å². The van der Waals surface area contributed by atoms with Gasteiger partial charge in [0.2, 0.25) is 11.9 Å². The number of halogens is 1. The van der Waals surface area contributed by atoms with Crippen LogP contribution in [0.4, 0.5) is 10.3 Å². The third-order valence-electron chi connectivity index (χ3n) is 5.33. The van der Waals surface area contributed by atoms with Crippen molar-refractivity contribution in [3.8, 4) is 11.1 Å². The number of benzene rings is 2.